The highest BCUT2D eigenvalue weighted by atomic mass is 19.4. The molecular formula is C20H18F5N3O4. The van der Waals surface area contributed by atoms with Crippen LogP contribution < -0.4 is 11.1 Å². The van der Waals surface area contributed by atoms with Crippen molar-refractivity contribution >= 4 is 17.5 Å². The molecule has 1 aromatic heterocycles. The van der Waals surface area contributed by atoms with Gasteiger partial charge in [-0.1, -0.05) is 13.0 Å². The molecule has 0 aliphatic carbocycles. The number of anilines is 1. The van der Waals surface area contributed by atoms with Crippen LogP contribution in [-0.2, 0) is 9.53 Å². The highest BCUT2D eigenvalue weighted by molar-refractivity contribution is 5.97. The zero-order chi connectivity index (χ0) is 24.0. The number of rotatable bonds is 4. The molecule has 1 fully saturated rings. The van der Waals surface area contributed by atoms with Gasteiger partial charge in [-0.05, 0) is 25.1 Å². The van der Waals surface area contributed by atoms with Crippen molar-refractivity contribution < 1.29 is 41.4 Å². The molecule has 1 aromatic carbocycles. The fourth-order valence-corrected chi connectivity index (χ4v) is 3.70. The third-order valence-corrected chi connectivity index (χ3v) is 5.67. The van der Waals surface area contributed by atoms with E-state index in [1.54, 1.807) is 0 Å². The van der Waals surface area contributed by atoms with Crippen LogP contribution in [-0.4, -0.2) is 39.8 Å². The maximum Gasteiger partial charge on any atom is 0.417 e. The van der Waals surface area contributed by atoms with Crippen LogP contribution in [0.3, 0.4) is 0 Å². The summed E-state index contributed by atoms with van der Waals surface area (Å²) in [6, 6.07) is 3.90. The molecule has 172 valence electrons. The smallest absolute Gasteiger partial charge is 0.417 e. The normalized spacial score (nSPS) is 25.5. The van der Waals surface area contributed by atoms with E-state index in [1.165, 1.54) is 6.07 Å². The Morgan fingerprint density at radius 3 is 2.50 bits per heavy atom. The number of nitrogens with one attached hydrogen (secondary N) is 1. The van der Waals surface area contributed by atoms with Gasteiger partial charge in [-0.15, -0.1) is 0 Å². The second-order valence-corrected chi connectivity index (χ2v) is 7.54. The molecule has 32 heavy (non-hydrogen) atoms. The molecule has 2 heterocycles. The fraction of sp³-hybridized carbons (Fsp3) is 0.350. The van der Waals surface area contributed by atoms with Gasteiger partial charge in [0.15, 0.2) is 17.2 Å². The monoisotopic (exact) mass is 459 g/mol. The maximum absolute atomic E-state index is 14.0. The van der Waals surface area contributed by atoms with Gasteiger partial charge >= 0.3 is 6.18 Å². The Labute approximate surface area is 178 Å². The Kier molecular flexibility index (Phi) is 5.85. The first-order valence-electron chi connectivity index (χ1n) is 9.26. The van der Waals surface area contributed by atoms with Crippen molar-refractivity contribution in [3.63, 3.8) is 0 Å². The van der Waals surface area contributed by atoms with E-state index >= 15 is 0 Å². The summed E-state index contributed by atoms with van der Waals surface area (Å²) in [5, 5.41) is 12.4. The number of hydrogen-bond acceptors (Lipinski definition) is 5. The number of ether oxygens (including phenoxy) is 1. The lowest BCUT2D eigenvalue weighted by Crippen LogP contribution is -2.47. The lowest BCUT2D eigenvalue weighted by molar-refractivity contribution is -0.272. The summed E-state index contributed by atoms with van der Waals surface area (Å²) in [4.78, 5) is 27.9. The minimum atomic E-state index is -4.93. The lowest BCUT2D eigenvalue weighted by Gasteiger charge is -2.31. The summed E-state index contributed by atoms with van der Waals surface area (Å²) in [6.45, 7) is 1.86. The molecule has 0 saturated carbocycles. The topological polar surface area (TPSA) is 115 Å². The maximum atomic E-state index is 14.0. The van der Waals surface area contributed by atoms with Crippen molar-refractivity contribution in [2.45, 2.75) is 37.6 Å². The molecule has 0 unspecified atom stereocenters. The average molecular weight is 459 g/mol. The molecule has 12 heteroatoms. The summed E-state index contributed by atoms with van der Waals surface area (Å²) < 4.78 is 74.0. The van der Waals surface area contributed by atoms with Crippen molar-refractivity contribution in [1.29, 1.82) is 0 Å². The largest absolute Gasteiger partial charge is 0.505 e. The van der Waals surface area contributed by atoms with Crippen LogP contribution in [0.15, 0.2) is 30.5 Å². The summed E-state index contributed by atoms with van der Waals surface area (Å²) in [5.74, 6) is -9.22. The van der Waals surface area contributed by atoms with E-state index in [9.17, 15) is 36.6 Å². The van der Waals surface area contributed by atoms with E-state index in [0.29, 0.717) is 6.07 Å². The number of benzene rings is 1. The van der Waals surface area contributed by atoms with Crippen molar-refractivity contribution in [3.05, 3.63) is 53.4 Å². The zero-order valence-corrected chi connectivity index (χ0v) is 16.7. The average Bonchev–Trinajstić information content (AvgIpc) is 2.99. The van der Waals surface area contributed by atoms with Crippen molar-refractivity contribution in [3.8, 4) is 5.75 Å². The fourth-order valence-electron chi connectivity index (χ4n) is 3.70. The van der Waals surface area contributed by atoms with Gasteiger partial charge in [0.25, 0.3) is 11.8 Å². The zero-order valence-electron chi connectivity index (χ0n) is 16.7. The number of phenols is 1. The van der Waals surface area contributed by atoms with E-state index in [-0.39, 0.29) is 11.4 Å². The molecular weight excluding hydrogens is 441 g/mol. The number of alkyl halides is 3. The number of aromatic nitrogens is 1. The Morgan fingerprint density at radius 2 is 1.91 bits per heavy atom. The van der Waals surface area contributed by atoms with Crippen molar-refractivity contribution in [2.24, 2.45) is 11.7 Å². The first kappa shape index (κ1) is 23.4. The van der Waals surface area contributed by atoms with Gasteiger partial charge in [0, 0.05) is 29.3 Å². The van der Waals surface area contributed by atoms with Crippen LogP contribution in [0.5, 0.6) is 5.75 Å². The van der Waals surface area contributed by atoms with Crippen molar-refractivity contribution in [1.82, 2.24) is 4.98 Å². The molecule has 1 aliphatic heterocycles. The Morgan fingerprint density at radius 1 is 1.25 bits per heavy atom. The molecule has 3 rings (SSSR count). The predicted octanol–water partition coefficient (Wildman–Crippen LogP) is 3.24. The molecule has 2 aromatic rings. The number of carbonyl (C=O) groups excluding carboxylic acids is 2. The highest BCUT2D eigenvalue weighted by Gasteiger charge is 2.65. The van der Waals surface area contributed by atoms with Gasteiger partial charge in [0.05, 0.1) is 0 Å². The molecule has 4 atom stereocenters. The van der Waals surface area contributed by atoms with Crippen LogP contribution in [0, 0.1) is 17.6 Å². The van der Waals surface area contributed by atoms with E-state index in [0.717, 1.165) is 32.2 Å². The number of halogens is 5. The standard InChI is InChI=1S/C20H18F5N3O4/c1-8-13(10-3-4-11(21)14(22)15(10)29)16(32-19(8,2)20(23,24)25)18(31)28-9-5-6-27-12(7-9)17(26)30/h3-8,13,16,29H,1-2H3,(H2,26,30)(H,27,28,31)/t8-,13+,16+,19+/m1/s1. The number of nitrogens with two attached hydrogens (primary N) is 1. The number of nitrogens with zero attached hydrogens (tertiary/aromatic N) is 1. The number of carbonyl (C=O) groups is 2. The number of phenolic OH excluding ortho intramolecular Hbond substituents is 1. The predicted molar refractivity (Wildman–Crippen MR) is 101 cm³/mol. The summed E-state index contributed by atoms with van der Waals surface area (Å²) in [6.07, 6.45) is -5.63. The summed E-state index contributed by atoms with van der Waals surface area (Å²) in [7, 11) is 0. The third kappa shape index (κ3) is 3.85. The van der Waals surface area contributed by atoms with Gasteiger partial charge < -0.3 is 20.9 Å². The minimum absolute atomic E-state index is 0.0103. The van der Waals surface area contributed by atoms with Gasteiger partial charge in [-0.25, -0.2) is 4.39 Å². The van der Waals surface area contributed by atoms with E-state index in [4.69, 9.17) is 10.5 Å². The molecule has 0 spiro atoms. The second-order valence-electron chi connectivity index (χ2n) is 7.54. The van der Waals surface area contributed by atoms with E-state index in [1.807, 2.05) is 0 Å². The van der Waals surface area contributed by atoms with E-state index < -0.39 is 64.5 Å². The molecule has 7 nitrogen and oxygen atoms in total. The minimum Gasteiger partial charge on any atom is -0.505 e. The summed E-state index contributed by atoms with van der Waals surface area (Å²) >= 11 is 0. The molecule has 4 N–H and O–H groups in total. The highest BCUT2D eigenvalue weighted by Crippen LogP contribution is 2.54. The molecule has 0 bridgehead atoms. The Hall–Kier alpha value is -3.28. The van der Waals surface area contributed by atoms with Crippen LogP contribution in [0.4, 0.5) is 27.6 Å². The quantitative estimate of drug-likeness (QED) is 0.608. The molecule has 2 amide bonds. The number of hydrogen-bond donors (Lipinski definition) is 3. The Balaban J connectivity index is 2.05. The number of pyridine rings is 1. The van der Waals surface area contributed by atoms with Crippen LogP contribution >= 0.6 is 0 Å². The van der Waals surface area contributed by atoms with Crippen LogP contribution in [0.25, 0.3) is 0 Å². The van der Waals surface area contributed by atoms with Gasteiger partial charge in [0.2, 0.25) is 5.82 Å². The van der Waals surface area contributed by atoms with Gasteiger partial charge in [-0.2, -0.15) is 17.6 Å². The lowest BCUT2D eigenvalue weighted by atomic mass is 9.77. The van der Waals surface area contributed by atoms with Gasteiger partial charge in [0.1, 0.15) is 11.8 Å². The molecule has 1 saturated heterocycles. The number of primary amides is 1. The molecule has 1 aliphatic rings. The summed E-state index contributed by atoms with van der Waals surface area (Å²) in [5.41, 5.74) is 1.64. The Bertz CT molecular complexity index is 1080. The van der Waals surface area contributed by atoms with Gasteiger partial charge in [-0.3, -0.25) is 14.6 Å². The second kappa shape index (κ2) is 8.01. The SMILES string of the molecule is C[C@@H]1[C@@H](c2ccc(F)c(F)c2O)[C@@H](C(=O)Nc2ccnc(C(N)=O)c2)O[C@]1(C)C(F)(F)F. The van der Waals surface area contributed by atoms with E-state index in [2.05, 4.69) is 10.3 Å². The number of aromatic hydroxyl groups is 1. The third-order valence-electron chi connectivity index (χ3n) is 5.67. The first-order chi connectivity index (χ1) is 14.8. The van der Waals surface area contributed by atoms with Crippen LogP contribution in [0.2, 0.25) is 0 Å². The first-order valence-corrected chi connectivity index (χ1v) is 9.26. The van der Waals surface area contributed by atoms with Crippen LogP contribution in [0.1, 0.15) is 35.8 Å². The molecule has 0 radical (unpaired) electrons. The number of amides is 2. The van der Waals surface area contributed by atoms with Crippen molar-refractivity contribution in [2.75, 3.05) is 5.32 Å².